The van der Waals surface area contributed by atoms with Gasteiger partial charge in [0.2, 0.25) is 0 Å². The summed E-state index contributed by atoms with van der Waals surface area (Å²) in [5.41, 5.74) is 6.50. The van der Waals surface area contributed by atoms with Gasteiger partial charge >= 0.3 is 5.97 Å². The van der Waals surface area contributed by atoms with Crippen LogP contribution in [0.15, 0.2) is 72.8 Å². The van der Waals surface area contributed by atoms with Gasteiger partial charge in [-0.25, -0.2) is 4.79 Å². The maximum Gasteiger partial charge on any atom is 0.339 e. The van der Waals surface area contributed by atoms with Crippen molar-refractivity contribution in [3.8, 4) is 0 Å². The van der Waals surface area contributed by atoms with Crippen molar-refractivity contribution in [2.24, 2.45) is 7.05 Å². The number of rotatable bonds is 2. The number of carbonyl (C=O) groups is 1. The van der Waals surface area contributed by atoms with E-state index in [1.165, 1.54) is 11.3 Å². The third-order valence-electron chi connectivity index (χ3n) is 7.75. The predicted molar refractivity (Wildman–Crippen MR) is 127 cm³/mol. The molecule has 3 aromatic carbocycles. The highest BCUT2D eigenvalue weighted by molar-refractivity contribution is 5.98. The molecule has 0 fully saturated rings. The minimum Gasteiger partial charge on any atom is -0.445 e. The van der Waals surface area contributed by atoms with Crippen LogP contribution >= 0.6 is 0 Å². The second-order valence-corrected chi connectivity index (χ2v) is 9.10. The SMILES string of the molecule is Cc1c(C2(C3c4ccccc4N(C)C3C)OC(=O)c3ccccc32)c2ccccc2n1C. The second kappa shape index (κ2) is 6.49. The van der Waals surface area contributed by atoms with Crippen LogP contribution in [0.1, 0.15) is 45.6 Å². The summed E-state index contributed by atoms with van der Waals surface area (Å²) in [4.78, 5) is 15.6. The number of nitrogens with zero attached hydrogens (tertiary/aromatic N) is 2. The van der Waals surface area contributed by atoms with Gasteiger partial charge in [0, 0.05) is 53.5 Å². The number of hydrogen-bond acceptors (Lipinski definition) is 3. The van der Waals surface area contributed by atoms with Crippen LogP contribution < -0.4 is 4.90 Å². The van der Waals surface area contributed by atoms with Crippen LogP contribution in [0.25, 0.3) is 10.9 Å². The first-order valence-electron chi connectivity index (χ1n) is 11.2. The summed E-state index contributed by atoms with van der Waals surface area (Å²) < 4.78 is 8.81. The van der Waals surface area contributed by atoms with Gasteiger partial charge in [-0.2, -0.15) is 0 Å². The molecule has 2 aliphatic heterocycles. The first kappa shape index (κ1) is 19.2. The number of benzene rings is 3. The molecule has 0 amide bonds. The lowest BCUT2D eigenvalue weighted by Gasteiger charge is -2.39. The third-order valence-corrected chi connectivity index (χ3v) is 7.75. The largest absolute Gasteiger partial charge is 0.445 e. The summed E-state index contributed by atoms with van der Waals surface area (Å²) in [6.07, 6.45) is 0. The van der Waals surface area contributed by atoms with Crippen molar-refractivity contribution in [1.29, 1.82) is 0 Å². The summed E-state index contributed by atoms with van der Waals surface area (Å²) in [7, 11) is 4.23. The Kier molecular flexibility index (Phi) is 3.89. The van der Waals surface area contributed by atoms with Crippen LogP contribution in [0.5, 0.6) is 0 Å². The van der Waals surface area contributed by atoms with Gasteiger partial charge in [0.1, 0.15) is 0 Å². The topological polar surface area (TPSA) is 34.5 Å². The summed E-state index contributed by atoms with van der Waals surface area (Å²) in [5.74, 6) is -0.284. The molecule has 6 rings (SSSR count). The monoisotopic (exact) mass is 422 g/mol. The standard InChI is InChI=1S/C28H26N2O2/c1-17-25(20-12-6-9-15-23(20)29(17)3)28(22-14-8-5-11-19(22)27(31)32-28)26-18(2)30(4)24-16-10-7-13-21(24)26/h5-17,25H,1-4H3. The van der Waals surface area contributed by atoms with Crippen molar-refractivity contribution in [1.82, 2.24) is 4.57 Å². The minimum atomic E-state index is -0.904. The van der Waals surface area contributed by atoms with E-state index in [2.05, 4.69) is 92.0 Å². The van der Waals surface area contributed by atoms with Crippen LogP contribution in [0, 0.1) is 6.92 Å². The minimum absolute atomic E-state index is 0.0409. The first-order chi connectivity index (χ1) is 15.5. The van der Waals surface area contributed by atoms with E-state index < -0.39 is 5.60 Å². The Labute approximate surface area is 188 Å². The van der Waals surface area contributed by atoms with E-state index in [0.717, 1.165) is 27.7 Å². The lowest BCUT2D eigenvalue weighted by atomic mass is 9.70. The van der Waals surface area contributed by atoms with Gasteiger partial charge in [0.25, 0.3) is 0 Å². The van der Waals surface area contributed by atoms with E-state index in [1.807, 2.05) is 18.2 Å². The molecule has 0 saturated carbocycles. The molecule has 4 heteroatoms. The van der Waals surface area contributed by atoms with Gasteiger partial charge in [-0.3, -0.25) is 0 Å². The number of esters is 1. The van der Waals surface area contributed by atoms with Crippen molar-refractivity contribution >= 4 is 22.6 Å². The molecule has 0 saturated heterocycles. The van der Waals surface area contributed by atoms with Crippen molar-refractivity contribution < 1.29 is 9.53 Å². The zero-order chi connectivity index (χ0) is 22.2. The van der Waals surface area contributed by atoms with E-state index in [9.17, 15) is 4.79 Å². The van der Waals surface area contributed by atoms with Gasteiger partial charge in [0.15, 0.2) is 5.60 Å². The molecular formula is C28H26N2O2. The van der Waals surface area contributed by atoms with Crippen molar-refractivity contribution in [2.75, 3.05) is 11.9 Å². The van der Waals surface area contributed by atoms with E-state index in [4.69, 9.17) is 4.74 Å². The van der Waals surface area contributed by atoms with Gasteiger partial charge < -0.3 is 14.2 Å². The average Bonchev–Trinajstić information content (AvgIpc) is 3.36. The number of hydrogen-bond donors (Lipinski definition) is 0. The number of anilines is 1. The van der Waals surface area contributed by atoms with Crippen LogP contribution in [0.3, 0.4) is 0 Å². The Morgan fingerprint density at radius 1 is 0.906 bits per heavy atom. The number of fused-ring (bicyclic) bond motifs is 3. The Balaban J connectivity index is 1.77. The fourth-order valence-corrected chi connectivity index (χ4v) is 6.14. The number of cyclic esters (lactones) is 1. The zero-order valence-electron chi connectivity index (χ0n) is 18.8. The summed E-state index contributed by atoms with van der Waals surface area (Å²) >= 11 is 0. The fourth-order valence-electron chi connectivity index (χ4n) is 6.14. The highest BCUT2D eigenvalue weighted by Crippen LogP contribution is 2.59. The molecule has 3 unspecified atom stereocenters. The fraction of sp³-hybridized carbons (Fsp3) is 0.250. The number of aromatic nitrogens is 1. The number of carbonyl (C=O) groups excluding carboxylic acids is 1. The maximum atomic E-state index is 13.3. The van der Waals surface area contributed by atoms with E-state index in [1.54, 1.807) is 0 Å². The van der Waals surface area contributed by atoms with Crippen molar-refractivity contribution in [2.45, 2.75) is 31.4 Å². The first-order valence-corrected chi connectivity index (χ1v) is 11.2. The number of aryl methyl sites for hydroxylation is 1. The quantitative estimate of drug-likeness (QED) is 0.399. The van der Waals surface area contributed by atoms with Crippen LogP contribution in [-0.4, -0.2) is 23.6 Å². The summed E-state index contributed by atoms with van der Waals surface area (Å²) in [5, 5.41) is 1.14. The lowest BCUT2D eigenvalue weighted by molar-refractivity contribution is -0.00307. The van der Waals surface area contributed by atoms with Gasteiger partial charge in [-0.05, 0) is 37.6 Å². The molecule has 2 aliphatic rings. The highest BCUT2D eigenvalue weighted by Gasteiger charge is 2.59. The van der Waals surface area contributed by atoms with Gasteiger partial charge in [-0.15, -0.1) is 0 Å². The Morgan fingerprint density at radius 3 is 2.44 bits per heavy atom. The van der Waals surface area contributed by atoms with E-state index in [-0.39, 0.29) is 17.9 Å². The molecular weight excluding hydrogens is 396 g/mol. The molecule has 3 atom stereocenters. The Hall–Kier alpha value is -3.53. The maximum absolute atomic E-state index is 13.3. The number of likely N-dealkylation sites (N-methyl/N-ethyl adjacent to an activating group) is 1. The van der Waals surface area contributed by atoms with Crippen LogP contribution in [0.2, 0.25) is 0 Å². The molecule has 1 aromatic heterocycles. The molecule has 4 nitrogen and oxygen atoms in total. The zero-order valence-corrected chi connectivity index (χ0v) is 18.8. The second-order valence-electron chi connectivity index (χ2n) is 9.10. The number of para-hydroxylation sites is 2. The van der Waals surface area contributed by atoms with Crippen molar-refractivity contribution in [3.63, 3.8) is 0 Å². The average molecular weight is 423 g/mol. The summed E-state index contributed by atoms with van der Waals surface area (Å²) in [6, 6.07) is 25.0. The Bertz CT molecular complexity index is 1400. The van der Waals surface area contributed by atoms with Crippen molar-refractivity contribution in [3.05, 3.63) is 101 Å². The normalized spacial score (nSPS) is 24.0. The predicted octanol–water partition coefficient (Wildman–Crippen LogP) is 5.52. The molecule has 0 bridgehead atoms. The van der Waals surface area contributed by atoms with Gasteiger partial charge in [0.05, 0.1) is 11.5 Å². The van der Waals surface area contributed by atoms with Crippen LogP contribution in [0.4, 0.5) is 5.69 Å². The van der Waals surface area contributed by atoms with E-state index >= 15 is 0 Å². The molecule has 32 heavy (non-hydrogen) atoms. The Morgan fingerprint density at radius 2 is 1.59 bits per heavy atom. The lowest BCUT2D eigenvalue weighted by Crippen LogP contribution is -2.42. The number of ether oxygens (including phenoxy) is 1. The third kappa shape index (κ3) is 2.19. The molecule has 0 spiro atoms. The van der Waals surface area contributed by atoms with E-state index in [0.29, 0.717) is 5.56 Å². The molecule has 4 aromatic rings. The summed E-state index contributed by atoms with van der Waals surface area (Å²) in [6.45, 7) is 4.38. The molecule has 0 aliphatic carbocycles. The molecule has 160 valence electrons. The van der Waals surface area contributed by atoms with Crippen LogP contribution in [-0.2, 0) is 17.4 Å². The highest BCUT2D eigenvalue weighted by atomic mass is 16.6. The smallest absolute Gasteiger partial charge is 0.339 e. The van der Waals surface area contributed by atoms with Gasteiger partial charge in [-0.1, -0.05) is 54.6 Å². The molecule has 3 heterocycles. The molecule has 0 radical (unpaired) electrons. The molecule has 0 N–H and O–H groups in total.